The number of rotatable bonds is 5. The Labute approximate surface area is 116 Å². The molecule has 0 radical (unpaired) electrons. The molecular formula is C12H17N7O. The van der Waals surface area contributed by atoms with Gasteiger partial charge in [-0.05, 0) is 32.9 Å². The molecule has 2 aromatic heterocycles. The first kappa shape index (κ1) is 13.9. The predicted octanol–water partition coefficient (Wildman–Crippen LogP) is 0.826. The van der Waals surface area contributed by atoms with Crippen molar-refractivity contribution >= 4 is 11.7 Å². The minimum absolute atomic E-state index is 0.202. The highest BCUT2D eigenvalue weighted by Gasteiger charge is 2.15. The van der Waals surface area contributed by atoms with Crippen LogP contribution in [0.15, 0.2) is 12.1 Å². The number of nitrogens with one attached hydrogen (secondary N) is 3. The zero-order valence-corrected chi connectivity index (χ0v) is 11.6. The second kappa shape index (κ2) is 6.09. The average Bonchev–Trinajstić information content (AvgIpc) is 2.92. The van der Waals surface area contributed by atoms with Crippen LogP contribution in [0.25, 0.3) is 0 Å². The average molecular weight is 275 g/mol. The number of pyridine rings is 1. The summed E-state index contributed by atoms with van der Waals surface area (Å²) in [6.45, 7) is 6.36. The van der Waals surface area contributed by atoms with Crippen LogP contribution in [0.5, 0.6) is 0 Å². The Morgan fingerprint density at radius 2 is 2.25 bits per heavy atom. The molecule has 1 atom stereocenters. The minimum Gasteiger partial charge on any atom is -0.370 e. The smallest absolute Gasteiger partial charge is 0.252 e. The SMILES string of the molecule is CCNc1cc(C(=O)NC(C)c2nn[nH]n2)cc(C)n1. The fourth-order valence-corrected chi connectivity index (χ4v) is 1.77. The predicted molar refractivity (Wildman–Crippen MR) is 73.2 cm³/mol. The van der Waals surface area contributed by atoms with E-state index in [4.69, 9.17) is 0 Å². The van der Waals surface area contributed by atoms with Gasteiger partial charge in [-0.15, -0.1) is 10.2 Å². The Kier molecular flexibility index (Phi) is 4.24. The second-order valence-corrected chi connectivity index (χ2v) is 4.38. The van der Waals surface area contributed by atoms with E-state index in [0.717, 1.165) is 12.2 Å². The van der Waals surface area contributed by atoms with E-state index in [-0.39, 0.29) is 11.9 Å². The monoisotopic (exact) mass is 275 g/mol. The van der Waals surface area contributed by atoms with Gasteiger partial charge < -0.3 is 10.6 Å². The quantitative estimate of drug-likeness (QED) is 0.745. The molecule has 0 aliphatic rings. The van der Waals surface area contributed by atoms with Crippen molar-refractivity contribution in [2.45, 2.75) is 26.8 Å². The summed E-state index contributed by atoms with van der Waals surface area (Å²) in [5, 5.41) is 19.4. The first-order valence-corrected chi connectivity index (χ1v) is 6.37. The molecule has 0 bridgehead atoms. The second-order valence-electron chi connectivity index (χ2n) is 4.38. The lowest BCUT2D eigenvalue weighted by atomic mass is 10.2. The number of aromatic nitrogens is 5. The molecule has 0 aromatic carbocycles. The molecule has 8 heteroatoms. The van der Waals surface area contributed by atoms with Crippen LogP contribution in [0.1, 0.15) is 41.8 Å². The molecule has 2 heterocycles. The van der Waals surface area contributed by atoms with Crippen molar-refractivity contribution in [3.05, 3.63) is 29.2 Å². The molecule has 1 unspecified atom stereocenters. The normalized spacial score (nSPS) is 11.9. The number of amides is 1. The molecule has 8 nitrogen and oxygen atoms in total. The molecule has 20 heavy (non-hydrogen) atoms. The summed E-state index contributed by atoms with van der Waals surface area (Å²) in [7, 11) is 0. The number of nitrogens with zero attached hydrogens (tertiary/aromatic N) is 4. The van der Waals surface area contributed by atoms with Crippen molar-refractivity contribution in [2.24, 2.45) is 0 Å². The zero-order chi connectivity index (χ0) is 14.5. The molecule has 0 fully saturated rings. The Balaban J connectivity index is 2.12. The molecule has 0 aliphatic carbocycles. The lowest BCUT2D eigenvalue weighted by molar-refractivity contribution is 0.0938. The van der Waals surface area contributed by atoms with Crippen molar-refractivity contribution in [3.63, 3.8) is 0 Å². The number of tetrazole rings is 1. The Morgan fingerprint density at radius 3 is 2.90 bits per heavy atom. The maximum absolute atomic E-state index is 12.2. The van der Waals surface area contributed by atoms with E-state index < -0.39 is 0 Å². The molecule has 0 saturated carbocycles. The third-order valence-corrected chi connectivity index (χ3v) is 2.67. The maximum Gasteiger partial charge on any atom is 0.252 e. The molecule has 0 saturated heterocycles. The van der Waals surface area contributed by atoms with Gasteiger partial charge in [0.15, 0.2) is 5.82 Å². The van der Waals surface area contributed by atoms with Gasteiger partial charge in [-0.25, -0.2) is 4.98 Å². The van der Waals surface area contributed by atoms with E-state index >= 15 is 0 Å². The largest absolute Gasteiger partial charge is 0.370 e. The van der Waals surface area contributed by atoms with Crippen LogP contribution in [0.2, 0.25) is 0 Å². The molecule has 0 aliphatic heterocycles. The first-order chi connectivity index (χ1) is 9.60. The molecule has 0 spiro atoms. The topological polar surface area (TPSA) is 108 Å². The molecule has 106 valence electrons. The summed E-state index contributed by atoms with van der Waals surface area (Å²) in [5.74, 6) is 0.924. The van der Waals surface area contributed by atoms with E-state index in [2.05, 4.69) is 36.2 Å². The van der Waals surface area contributed by atoms with E-state index in [1.807, 2.05) is 13.8 Å². The third-order valence-electron chi connectivity index (χ3n) is 2.67. The summed E-state index contributed by atoms with van der Waals surface area (Å²) >= 11 is 0. The van der Waals surface area contributed by atoms with Crippen LogP contribution in [0.3, 0.4) is 0 Å². The summed E-state index contributed by atoms with van der Waals surface area (Å²) in [6, 6.07) is 3.13. The van der Waals surface area contributed by atoms with Crippen LogP contribution in [0, 0.1) is 6.92 Å². The summed E-state index contributed by atoms with van der Waals surface area (Å²) in [5.41, 5.74) is 1.32. The lowest BCUT2D eigenvalue weighted by Gasteiger charge is -2.11. The highest BCUT2D eigenvalue weighted by atomic mass is 16.1. The maximum atomic E-state index is 12.2. The highest BCUT2D eigenvalue weighted by molar-refractivity contribution is 5.95. The molecule has 1 amide bonds. The van der Waals surface area contributed by atoms with Gasteiger partial charge in [0.1, 0.15) is 5.82 Å². The summed E-state index contributed by atoms with van der Waals surface area (Å²) in [6.07, 6.45) is 0. The number of aryl methyl sites for hydroxylation is 1. The number of anilines is 1. The van der Waals surface area contributed by atoms with Crippen molar-refractivity contribution in [1.82, 2.24) is 30.9 Å². The van der Waals surface area contributed by atoms with Crippen molar-refractivity contribution in [3.8, 4) is 0 Å². The van der Waals surface area contributed by atoms with Gasteiger partial charge >= 0.3 is 0 Å². The minimum atomic E-state index is -0.322. The highest BCUT2D eigenvalue weighted by Crippen LogP contribution is 2.12. The van der Waals surface area contributed by atoms with Crippen LogP contribution in [-0.4, -0.2) is 38.1 Å². The number of hydrogen-bond donors (Lipinski definition) is 3. The lowest BCUT2D eigenvalue weighted by Crippen LogP contribution is -2.27. The van der Waals surface area contributed by atoms with E-state index in [1.165, 1.54) is 0 Å². The van der Waals surface area contributed by atoms with Crippen molar-refractivity contribution in [1.29, 1.82) is 0 Å². The first-order valence-electron chi connectivity index (χ1n) is 6.37. The van der Waals surface area contributed by atoms with E-state index in [0.29, 0.717) is 17.2 Å². The molecule has 2 aromatic rings. The fourth-order valence-electron chi connectivity index (χ4n) is 1.77. The standard InChI is InChI=1S/C12H17N7O/c1-4-13-10-6-9(5-7(2)14-10)12(20)15-8(3)11-16-18-19-17-11/h5-6,8H,4H2,1-3H3,(H,13,14)(H,15,20)(H,16,17,18,19). The number of H-pyrrole nitrogens is 1. The number of hydrogen-bond acceptors (Lipinski definition) is 6. The third kappa shape index (κ3) is 3.28. The zero-order valence-electron chi connectivity index (χ0n) is 11.6. The number of carbonyl (C=O) groups excluding carboxylic acids is 1. The van der Waals surface area contributed by atoms with Crippen LogP contribution >= 0.6 is 0 Å². The van der Waals surface area contributed by atoms with Crippen LogP contribution < -0.4 is 10.6 Å². The molecular weight excluding hydrogens is 258 g/mol. The van der Waals surface area contributed by atoms with Crippen molar-refractivity contribution in [2.75, 3.05) is 11.9 Å². The van der Waals surface area contributed by atoms with Gasteiger partial charge in [0.2, 0.25) is 0 Å². The summed E-state index contributed by atoms with van der Waals surface area (Å²) < 4.78 is 0. The van der Waals surface area contributed by atoms with Gasteiger partial charge in [0.05, 0.1) is 6.04 Å². The van der Waals surface area contributed by atoms with Gasteiger partial charge in [0.25, 0.3) is 5.91 Å². The molecule has 3 N–H and O–H groups in total. The number of carbonyl (C=O) groups is 1. The van der Waals surface area contributed by atoms with E-state index in [1.54, 1.807) is 19.1 Å². The van der Waals surface area contributed by atoms with Gasteiger partial charge in [-0.3, -0.25) is 4.79 Å². The van der Waals surface area contributed by atoms with Crippen molar-refractivity contribution < 1.29 is 4.79 Å². The van der Waals surface area contributed by atoms with Crippen LogP contribution in [-0.2, 0) is 0 Å². The number of aromatic amines is 1. The van der Waals surface area contributed by atoms with Gasteiger partial charge in [0, 0.05) is 17.8 Å². The Hall–Kier alpha value is -2.51. The van der Waals surface area contributed by atoms with E-state index in [9.17, 15) is 4.79 Å². The van der Waals surface area contributed by atoms with Gasteiger partial charge in [-0.1, -0.05) is 5.21 Å². The molecule has 2 rings (SSSR count). The summed E-state index contributed by atoms with van der Waals surface area (Å²) in [4.78, 5) is 16.5. The fraction of sp³-hybridized carbons (Fsp3) is 0.417. The van der Waals surface area contributed by atoms with Gasteiger partial charge in [-0.2, -0.15) is 5.21 Å². The Bertz CT molecular complexity index is 581. The van der Waals surface area contributed by atoms with Crippen LogP contribution in [0.4, 0.5) is 5.82 Å². The Morgan fingerprint density at radius 1 is 1.45 bits per heavy atom.